The molecular formula is C18H34N4O10. The van der Waals surface area contributed by atoms with Crippen LogP contribution in [-0.4, -0.2) is 166 Å². The van der Waals surface area contributed by atoms with Crippen LogP contribution in [-0.2, 0) is 19.2 Å². The predicted molar refractivity (Wildman–Crippen MR) is 110 cm³/mol. The van der Waals surface area contributed by atoms with Crippen molar-refractivity contribution in [3.05, 3.63) is 0 Å². The minimum atomic E-state index is -1.21. The zero-order chi connectivity index (χ0) is 24.8. The van der Waals surface area contributed by atoms with Crippen molar-refractivity contribution in [2.45, 2.75) is 12.2 Å². The molecule has 0 rings (SSSR count). The average Bonchev–Trinajstić information content (AvgIpc) is 2.70. The number of rotatable bonds is 17. The van der Waals surface area contributed by atoms with Crippen LogP contribution in [0.2, 0.25) is 0 Å². The van der Waals surface area contributed by atoms with Gasteiger partial charge in [0, 0.05) is 40.3 Å². The highest BCUT2D eigenvalue weighted by Gasteiger charge is 2.22. The number of aliphatic hydroxyl groups excluding tert-OH is 4. The minimum Gasteiger partial charge on any atom is -0.480 e. The van der Waals surface area contributed by atoms with Crippen LogP contribution in [0.25, 0.3) is 0 Å². The Morgan fingerprint density at radius 1 is 0.656 bits per heavy atom. The van der Waals surface area contributed by atoms with Gasteiger partial charge in [-0.05, 0) is 0 Å². The molecule has 0 aromatic rings. The summed E-state index contributed by atoms with van der Waals surface area (Å²) in [4.78, 5) is 51.7. The molecule has 0 aliphatic carbocycles. The van der Waals surface area contributed by atoms with E-state index in [4.69, 9.17) is 20.4 Å². The van der Waals surface area contributed by atoms with Crippen LogP contribution in [0.15, 0.2) is 0 Å². The quantitative estimate of drug-likeness (QED) is 0.120. The molecule has 0 aromatic carbocycles. The van der Waals surface area contributed by atoms with E-state index in [1.54, 1.807) is 0 Å². The smallest absolute Gasteiger partial charge is 0.317 e. The predicted octanol–water partition coefficient (Wildman–Crippen LogP) is -4.62. The van der Waals surface area contributed by atoms with Crippen molar-refractivity contribution in [2.24, 2.45) is 0 Å². The molecule has 0 spiro atoms. The second-order valence-corrected chi connectivity index (χ2v) is 7.43. The summed E-state index contributed by atoms with van der Waals surface area (Å²) in [5.74, 6) is -3.46. The van der Waals surface area contributed by atoms with E-state index in [0.717, 1.165) is 9.80 Å². The van der Waals surface area contributed by atoms with Crippen molar-refractivity contribution in [1.29, 1.82) is 0 Å². The zero-order valence-electron chi connectivity index (χ0n) is 18.3. The lowest BCUT2D eigenvalue weighted by atomic mass is 10.3. The third kappa shape index (κ3) is 13.1. The summed E-state index contributed by atoms with van der Waals surface area (Å²) in [6.07, 6.45) is -2.29. The Morgan fingerprint density at radius 2 is 0.969 bits per heavy atom. The number of carbonyl (C=O) groups is 4. The first-order valence-electron chi connectivity index (χ1n) is 9.83. The fourth-order valence-electron chi connectivity index (χ4n) is 2.67. The fourth-order valence-corrected chi connectivity index (χ4v) is 2.67. The molecule has 0 saturated heterocycles. The highest BCUT2D eigenvalue weighted by Crippen LogP contribution is 2.00. The number of carbonyl (C=O) groups excluding carboxylic acids is 2. The first kappa shape index (κ1) is 29.6. The van der Waals surface area contributed by atoms with Crippen LogP contribution >= 0.6 is 0 Å². The third-order valence-electron chi connectivity index (χ3n) is 4.41. The Bertz CT molecular complexity index is 569. The van der Waals surface area contributed by atoms with Gasteiger partial charge < -0.3 is 40.4 Å². The maximum absolute atomic E-state index is 12.3. The molecule has 0 fully saturated rings. The Kier molecular flexibility index (Phi) is 14.3. The molecule has 0 aliphatic rings. The first-order chi connectivity index (χ1) is 14.9. The molecule has 14 heteroatoms. The number of aliphatic carboxylic acids is 2. The van der Waals surface area contributed by atoms with Gasteiger partial charge in [-0.2, -0.15) is 0 Å². The molecule has 0 heterocycles. The van der Waals surface area contributed by atoms with Gasteiger partial charge in [0.25, 0.3) is 0 Å². The number of amides is 2. The summed E-state index contributed by atoms with van der Waals surface area (Å²) in [7, 11) is 2.76. The molecule has 186 valence electrons. The number of hydrogen-bond donors (Lipinski definition) is 6. The second-order valence-electron chi connectivity index (χ2n) is 7.43. The van der Waals surface area contributed by atoms with Gasteiger partial charge in [-0.15, -0.1) is 0 Å². The number of aliphatic hydroxyl groups is 4. The Hall–Kier alpha value is -2.36. The van der Waals surface area contributed by atoms with E-state index in [1.165, 1.54) is 23.9 Å². The lowest BCUT2D eigenvalue weighted by Gasteiger charge is -2.28. The van der Waals surface area contributed by atoms with Crippen LogP contribution < -0.4 is 0 Å². The molecule has 2 amide bonds. The van der Waals surface area contributed by atoms with Gasteiger partial charge in [0.15, 0.2) is 0 Å². The monoisotopic (exact) mass is 466 g/mol. The summed E-state index contributed by atoms with van der Waals surface area (Å²) < 4.78 is 0. The highest BCUT2D eigenvalue weighted by molar-refractivity contribution is 5.79. The van der Waals surface area contributed by atoms with E-state index in [9.17, 15) is 29.4 Å². The van der Waals surface area contributed by atoms with Crippen molar-refractivity contribution >= 4 is 23.8 Å². The summed E-state index contributed by atoms with van der Waals surface area (Å²) in [5.41, 5.74) is 0. The minimum absolute atomic E-state index is 0.0437. The normalized spacial score (nSPS) is 13.1. The molecule has 0 bridgehead atoms. The lowest BCUT2D eigenvalue weighted by Crippen LogP contribution is -2.48. The molecule has 0 aromatic heterocycles. The van der Waals surface area contributed by atoms with Gasteiger partial charge in [0.05, 0.1) is 51.6 Å². The van der Waals surface area contributed by atoms with Gasteiger partial charge in [-0.1, -0.05) is 0 Å². The molecule has 0 radical (unpaired) electrons. The molecule has 14 nitrogen and oxygen atoms in total. The van der Waals surface area contributed by atoms with Gasteiger partial charge in [0.1, 0.15) is 0 Å². The molecule has 0 aliphatic heterocycles. The van der Waals surface area contributed by atoms with E-state index >= 15 is 0 Å². The number of hydrogen-bond acceptors (Lipinski definition) is 10. The summed E-state index contributed by atoms with van der Waals surface area (Å²) >= 11 is 0. The number of likely N-dealkylation sites (N-methyl/N-ethyl adjacent to an activating group) is 2. The summed E-state index contributed by atoms with van der Waals surface area (Å²) in [6.45, 7) is -3.17. The van der Waals surface area contributed by atoms with E-state index < -0.39 is 62.3 Å². The van der Waals surface area contributed by atoms with Crippen molar-refractivity contribution in [2.75, 3.05) is 79.7 Å². The van der Waals surface area contributed by atoms with Gasteiger partial charge >= 0.3 is 11.9 Å². The molecule has 0 saturated carbocycles. The Morgan fingerprint density at radius 3 is 1.22 bits per heavy atom. The van der Waals surface area contributed by atoms with Crippen LogP contribution in [0.3, 0.4) is 0 Å². The molecule has 6 N–H and O–H groups in total. The summed E-state index contributed by atoms with van der Waals surface area (Å²) in [6, 6.07) is 0. The molecule has 2 unspecified atom stereocenters. The van der Waals surface area contributed by atoms with Gasteiger partial charge in [-0.3, -0.25) is 29.0 Å². The second kappa shape index (κ2) is 15.4. The maximum Gasteiger partial charge on any atom is 0.317 e. The zero-order valence-corrected chi connectivity index (χ0v) is 18.3. The third-order valence-corrected chi connectivity index (χ3v) is 4.41. The van der Waals surface area contributed by atoms with E-state index in [2.05, 4.69) is 0 Å². The van der Waals surface area contributed by atoms with Gasteiger partial charge in [0.2, 0.25) is 11.8 Å². The van der Waals surface area contributed by atoms with Crippen LogP contribution in [0.1, 0.15) is 0 Å². The van der Waals surface area contributed by atoms with Gasteiger partial charge in [-0.25, -0.2) is 0 Å². The van der Waals surface area contributed by atoms with E-state index in [0.29, 0.717) is 0 Å². The number of nitrogens with zero attached hydrogens (tertiary/aromatic N) is 4. The molecular weight excluding hydrogens is 432 g/mol. The maximum atomic E-state index is 12.3. The topological polar surface area (TPSA) is 203 Å². The molecule has 2 atom stereocenters. The first-order valence-corrected chi connectivity index (χ1v) is 9.83. The highest BCUT2D eigenvalue weighted by atomic mass is 16.4. The van der Waals surface area contributed by atoms with Crippen molar-refractivity contribution in [3.8, 4) is 0 Å². The molecule has 32 heavy (non-hydrogen) atoms. The number of carboxylic acid groups (broad SMARTS) is 2. The SMILES string of the molecule is CN(CC(O)CO)C(=O)CN(CCN(CC(=O)O)CC(=O)N(C)CC(O)CO)CC(=O)O. The Labute approximate surface area is 185 Å². The van der Waals surface area contributed by atoms with Crippen LogP contribution in [0.5, 0.6) is 0 Å². The van der Waals surface area contributed by atoms with Crippen LogP contribution in [0.4, 0.5) is 0 Å². The van der Waals surface area contributed by atoms with Crippen molar-refractivity contribution < 1.29 is 49.8 Å². The summed E-state index contributed by atoms with van der Waals surface area (Å²) in [5, 5.41) is 54.8. The fraction of sp³-hybridized carbons (Fsp3) is 0.778. The standard InChI is InChI=1S/C18H34N4O10/c1-19(5-13(25)11-23)15(27)7-21(9-17(29)30)3-4-22(10-18(31)32)8-16(28)20(2)6-14(26)12-24/h13-14,23-26H,3-12H2,1-2H3,(H,29,30)(H,31,32). The van der Waals surface area contributed by atoms with Crippen molar-refractivity contribution in [1.82, 2.24) is 19.6 Å². The largest absolute Gasteiger partial charge is 0.480 e. The average molecular weight is 466 g/mol. The van der Waals surface area contributed by atoms with Crippen molar-refractivity contribution in [3.63, 3.8) is 0 Å². The number of carboxylic acids is 2. The Balaban J connectivity index is 5.06. The van der Waals surface area contributed by atoms with Crippen LogP contribution in [0, 0.1) is 0 Å². The van der Waals surface area contributed by atoms with E-state index in [-0.39, 0.29) is 39.3 Å². The van der Waals surface area contributed by atoms with E-state index in [1.807, 2.05) is 0 Å². The lowest BCUT2D eigenvalue weighted by molar-refractivity contribution is -0.142.